The SMILES string of the molecule is COc1ccc(-c2cc3nccc(-c4ccccc4O)n3n2)cc1. The minimum atomic E-state index is 0.214. The van der Waals surface area contributed by atoms with E-state index in [4.69, 9.17) is 4.74 Å². The van der Waals surface area contributed by atoms with E-state index in [9.17, 15) is 5.11 Å². The van der Waals surface area contributed by atoms with Gasteiger partial charge >= 0.3 is 0 Å². The molecule has 0 radical (unpaired) electrons. The summed E-state index contributed by atoms with van der Waals surface area (Å²) >= 11 is 0. The predicted molar refractivity (Wildman–Crippen MR) is 92.1 cm³/mol. The van der Waals surface area contributed by atoms with Crippen molar-refractivity contribution in [1.29, 1.82) is 0 Å². The Balaban J connectivity index is 1.86. The molecule has 1 N–H and O–H groups in total. The summed E-state index contributed by atoms with van der Waals surface area (Å²) in [6.45, 7) is 0. The van der Waals surface area contributed by atoms with E-state index >= 15 is 0 Å². The number of para-hydroxylation sites is 1. The lowest BCUT2D eigenvalue weighted by atomic mass is 10.1. The van der Waals surface area contributed by atoms with Crippen molar-refractivity contribution in [2.24, 2.45) is 0 Å². The number of fused-ring (bicyclic) bond motifs is 1. The molecule has 0 aliphatic heterocycles. The Kier molecular flexibility index (Phi) is 3.39. The van der Waals surface area contributed by atoms with Crippen LogP contribution in [0.5, 0.6) is 11.5 Å². The zero-order valence-electron chi connectivity index (χ0n) is 13.0. The van der Waals surface area contributed by atoms with Crippen LogP contribution in [0, 0.1) is 0 Å². The zero-order chi connectivity index (χ0) is 16.5. The van der Waals surface area contributed by atoms with Crippen molar-refractivity contribution in [2.75, 3.05) is 7.11 Å². The van der Waals surface area contributed by atoms with Gasteiger partial charge in [-0.2, -0.15) is 5.10 Å². The fourth-order valence-corrected chi connectivity index (χ4v) is 2.69. The predicted octanol–water partition coefficient (Wildman–Crippen LogP) is 3.78. The highest BCUT2D eigenvalue weighted by Crippen LogP contribution is 2.30. The molecule has 5 heteroatoms. The van der Waals surface area contributed by atoms with E-state index < -0.39 is 0 Å². The standard InChI is InChI=1S/C19H15N3O2/c1-24-14-8-6-13(7-9-14)16-12-19-20-11-10-17(22(19)21-16)15-4-2-3-5-18(15)23/h2-12,23H,1H3. The first-order valence-corrected chi connectivity index (χ1v) is 7.54. The third-order valence-electron chi connectivity index (χ3n) is 3.92. The van der Waals surface area contributed by atoms with Crippen molar-refractivity contribution >= 4 is 5.65 Å². The van der Waals surface area contributed by atoms with Crippen molar-refractivity contribution < 1.29 is 9.84 Å². The second-order valence-electron chi connectivity index (χ2n) is 5.38. The Morgan fingerprint density at radius 2 is 1.79 bits per heavy atom. The summed E-state index contributed by atoms with van der Waals surface area (Å²) in [5.41, 5.74) is 4.02. The van der Waals surface area contributed by atoms with Gasteiger partial charge in [-0.3, -0.25) is 0 Å². The number of hydrogen-bond donors (Lipinski definition) is 1. The Hall–Kier alpha value is -3.34. The first-order chi connectivity index (χ1) is 11.8. The second kappa shape index (κ2) is 5.70. The molecule has 0 saturated heterocycles. The first-order valence-electron chi connectivity index (χ1n) is 7.54. The quantitative estimate of drug-likeness (QED) is 0.625. The molecule has 2 aromatic heterocycles. The van der Waals surface area contributed by atoms with Crippen LogP contribution in [-0.4, -0.2) is 26.8 Å². The minimum absolute atomic E-state index is 0.214. The maximum atomic E-state index is 10.1. The van der Waals surface area contributed by atoms with Gasteiger partial charge in [0.15, 0.2) is 5.65 Å². The van der Waals surface area contributed by atoms with E-state index in [1.165, 1.54) is 0 Å². The number of phenols is 1. The molecule has 0 atom stereocenters. The lowest BCUT2D eigenvalue weighted by Gasteiger charge is -2.06. The maximum absolute atomic E-state index is 10.1. The maximum Gasteiger partial charge on any atom is 0.156 e. The highest BCUT2D eigenvalue weighted by molar-refractivity contribution is 5.71. The third kappa shape index (κ3) is 2.36. The summed E-state index contributed by atoms with van der Waals surface area (Å²) in [7, 11) is 1.64. The van der Waals surface area contributed by atoms with Gasteiger partial charge in [0.25, 0.3) is 0 Å². The number of hydrogen-bond acceptors (Lipinski definition) is 4. The van der Waals surface area contributed by atoms with Crippen LogP contribution in [-0.2, 0) is 0 Å². The molecule has 4 aromatic rings. The molecule has 0 aliphatic rings. The smallest absolute Gasteiger partial charge is 0.156 e. The fraction of sp³-hybridized carbons (Fsp3) is 0.0526. The van der Waals surface area contributed by atoms with E-state index in [1.54, 1.807) is 30.0 Å². The van der Waals surface area contributed by atoms with Gasteiger partial charge in [-0.05, 0) is 42.5 Å². The van der Waals surface area contributed by atoms with Crippen LogP contribution in [0.1, 0.15) is 0 Å². The van der Waals surface area contributed by atoms with Gasteiger partial charge < -0.3 is 9.84 Å². The van der Waals surface area contributed by atoms with Gasteiger partial charge in [0.1, 0.15) is 11.5 Å². The molecule has 2 aromatic carbocycles. The van der Waals surface area contributed by atoms with Gasteiger partial charge in [0.2, 0.25) is 0 Å². The molecule has 0 unspecified atom stereocenters. The molecule has 5 nitrogen and oxygen atoms in total. The average molecular weight is 317 g/mol. The van der Waals surface area contributed by atoms with Crippen LogP contribution < -0.4 is 4.74 Å². The summed E-state index contributed by atoms with van der Waals surface area (Å²) in [6, 6.07) is 18.7. The number of aromatic nitrogens is 3. The summed E-state index contributed by atoms with van der Waals surface area (Å²) < 4.78 is 6.93. The van der Waals surface area contributed by atoms with Crippen LogP contribution in [0.25, 0.3) is 28.2 Å². The summed E-state index contributed by atoms with van der Waals surface area (Å²) in [6.07, 6.45) is 1.72. The summed E-state index contributed by atoms with van der Waals surface area (Å²) in [4.78, 5) is 4.37. The lowest BCUT2D eigenvalue weighted by molar-refractivity contribution is 0.415. The fourth-order valence-electron chi connectivity index (χ4n) is 2.69. The zero-order valence-corrected chi connectivity index (χ0v) is 13.0. The number of nitrogens with zero attached hydrogens (tertiary/aromatic N) is 3. The molecule has 0 spiro atoms. The van der Waals surface area contributed by atoms with Gasteiger partial charge in [-0.1, -0.05) is 12.1 Å². The normalized spacial score (nSPS) is 10.9. The van der Waals surface area contributed by atoms with E-state index in [-0.39, 0.29) is 5.75 Å². The molecule has 0 saturated carbocycles. The molecule has 0 bridgehead atoms. The number of aromatic hydroxyl groups is 1. The van der Waals surface area contributed by atoms with Crippen molar-refractivity contribution in [3.63, 3.8) is 0 Å². The van der Waals surface area contributed by atoms with Crippen molar-refractivity contribution in [1.82, 2.24) is 14.6 Å². The summed E-state index contributed by atoms with van der Waals surface area (Å²) in [5.74, 6) is 1.02. The van der Waals surface area contributed by atoms with Crippen LogP contribution in [0.2, 0.25) is 0 Å². The Labute approximate surface area is 138 Å². The van der Waals surface area contributed by atoms with Gasteiger partial charge in [0.05, 0.1) is 18.5 Å². The Morgan fingerprint density at radius 3 is 2.54 bits per heavy atom. The highest BCUT2D eigenvalue weighted by Gasteiger charge is 2.12. The Bertz CT molecular complexity index is 1010. The molecular formula is C19H15N3O2. The average Bonchev–Trinajstić information content (AvgIpc) is 3.06. The number of methoxy groups -OCH3 is 1. The topological polar surface area (TPSA) is 59.7 Å². The number of phenolic OH excluding ortho intramolecular Hbond substituents is 1. The molecule has 0 aliphatic carbocycles. The Morgan fingerprint density at radius 1 is 1.00 bits per heavy atom. The van der Waals surface area contributed by atoms with Crippen LogP contribution in [0.4, 0.5) is 0 Å². The molecule has 0 amide bonds. The van der Waals surface area contributed by atoms with Gasteiger partial charge in [-0.25, -0.2) is 9.50 Å². The summed E-state index contributed by atoms with van der Waals surface area (Å²) in [5, 5.41) is 14.8. The molecule has 4 rings (SSSR count). The van der Waals surface area contributed by atoms with E-state index in [0.717, 1.165) is 28.3 Å². The van der Waals surface area contributed by atoms with E-state index in [0.29, 0.717) is 5.56 Å². The molecule has 118 valence electrons. The lowest BCUT2D eigenvalue weighted by Crippen LogP contribution is -1.95. The van der Waals surface area contributed by atoms with E-state index in [2.05, 4.69) is 10.1 Å². The molecule has 0 fully saturated rings. The van der Waals surface area contributed by atoms with Crippen molar-refractivity contribution in [3.8, 4) is 34.0 Å². The first kappa shape index (κ1) is 14.3. The molecule has 2 heterocycles. The van der Waals surface area contributed by atoms with Gasteiger partial charge in [0, 0.05) is 23.4 Å². The van der Waals surface area contributed by atoms with E-state index in [1.807, 2.05) is 48.5 Å². The number of rotatable bonds is 3. The molecular weight excluding hydrogens is 302 g/mol. The van der Waals surface area contributed by atoms with Crippen molar-refractivity contribution in [3.05, 3.63) is 66.9 Å². The third-order valence-corrected chi connectivity index (χ3v) is 3.92. The number of ether oxygens (including phenoxy) is 1. The van der Waals surface area contributed by atoms with Crippen molar-refractivity contribution in [2.45, 2.75) is 0 Å². The second-order valence-corrected chi connectivity index (χ2v) is 5.38. The minimum Gasteiger partial charge on any atom is -0.507 e. The van der Waals surface area contributed by atoms with Gasteiger partial charge in [-0.15, -0.1) is 0 Å². The highest BCUT2D eigenvalue weighted by atomic mass is 16.5. The van der Waals surface area contributed by atoms with Crippen LogP contribution in [0.15, 0.2) is 66.9 Å². The van der Waals surface area contributed by atoms with Crippen LogP contribution >= 0.6 is 0 Å². The van der Waals surface area contributed by atoms with Crippen LogP contribution in [0.3, 0.4) is 0 Å². The largest absolute Gasteiger partial charge is 0.507 e. The number of benzene rings is 2. The molecule has 24 heavy (non-hydrogen) atoms. The monoisotopic (exact) mass is 317 g/mol.